The standard InChI is InChI=1S/C15H15N5OS/c21-14(17-8-11-4-2-1-3-5-11)12-9-22-15(19-12)20-13-6-7-16-10-18-13/h1-7,9,18H,8,10H2,(H,17,21)(H,19,20). The molecule has 6 nitrogen and oxygen atoms in total. The monoisotopic (exact) mass is 313 g/mol. The van der Waals surface area contributed by atoms with E-state index in [1.54, 1.807) is 11.6 Å². The molecule has 1 aromatic heterocycles. The van der Waals surface area contributed by atoms with Crippen molar-refractivity contribution in [2.75, 3.05) is 12.0 Å². The Balaban J connectivity index is 1.57. The Morgan fingerprint density at radius 1 is 1.32 bits per heavy atom. The van der Waals surface area contributed by atoms with E-state index in [1.165, 1.54) is 11.3 Å². The Morgan fingerprint density at radius 2 is 2.18 bits per heavy atom. The van der Waals surface area contributed by atoms with Crippen molar-refractivity contribution in [1.29, 1.82) is 0 Å². The Morgan fingerprint density at radius 3 is 2.95 bits per heavy atom. The highest BCUT2D eigenvalue weighted by molar-refractivity contribution is 7.13. The van der Waals surface area contributed by atoms with Crippen molar-refractivity contribution < 1.29 is 4.79 Å². The van der Waals surface area contributed by atoms with Gasteiger partial charge in [0.25, 0.3) is 5.91 Å². The summed E-state index contributed by atoms with van der Waals surface area (Å²) >= 11 is 1.38. The molecule has 2 aromatic rings. The van der Waals surface area contributed by atoms with Gasteiger partial charge in [-0.15, -0.1) is 11.3 Å². The van der Waals surface area contributed by atoms with Gasteiger partial charge in [0, 0.05) is 18.1 Å². The third-order valence-corrected chi connectivity index (χ3v) is 3.74. The first kappa shape index (κ1) is 14.3. The molecule has 0 radical (unpaired) electrons. The van der Waals surface area contributed by atoms with Gasteiger partial charge in [0.15, 0.2) is 5.13 Å². The maximum absolute atomic E-state index is 12.1. The van der Waals surface area contributed by atoms with Gasteiger partial charge >= 0.3 is 0 Å². The number of thiazole rings is 1. The molecule has 0 fully saturated rings. The fourth-order valence-corrected chi connectivity index (χ4v) is 2.58. The zero-order valence-corrected chi connectivity index (χ0v) is 12.6. The van der Waals surface area contributed by atoms with Crippen LogP contribution in [-0.2, 0) is 6.54 Å². The molecule has 7 heteroatoms. The van der Waals surface area contributed by atoms with Crippen LogP contribution >= 0.6 is 11.3 Å². The van der Waals surface area contributed by atoms with Gasteiger partial charge in [0.05, 0.1) is 0 Å². The molecule has 0 unspecified atom stereocenters. The van der Waals surface area contributed by atoms with Crippen LogP contribution in [0, 0.1) is 0 Å². The van der Waals surface area contributed by atoms with Crippen LogP contribution < -0.4 is 16.0 Å². The molecule has 2 heterocycles. The van der Waals surface area contributed by atoms with Crippen LogP contribution in [0.5, 0.6) is 0 Å². The lowest BCUT2D eigenvalue weighted by Gasteiger charge is -2.11. The molecule has 1 aliphatic rings. The second-order valence-electron chi connectivity index (χ2n) is 4.58. The summed E-state index contributed by atoms with van der Waals surface area (Å²) in [6.07, 6.45) is 3.54. The van der Waals surface area contributed by atoms with E-state index in [0.717, 1.165) is 11.4 Å². The number of aliphatic imine (C=N–C) groups is 1. The first-order chi connectivity index (χ1) is 10.8. The van der Waals surface area contributed by atoms with Crippen molar-refractivity contribution in [3.05, 3.63) is 58.9 Å². The number of nitrogens with zero attached hydrogens (tertiary/aromatic N) is 2. The zero-order chi connectivity index (χ0) is 15.2. The van der Waals surface area contributed by atoms with Crippen molar-refractivity contribution in [1.82, 2.24) is 15.6 Å². The predicted molar refractivity (Wildman–Crippen MR) is 87.9 cm³/mol. The number of amides is 1. The second kappa shape index (κ2) is 6.86. The summed E-state index contributed by atoms with van der Waals surface area (Å²) in [5, 5.41) is 11.4. The Hall–Kier alpha value is -2.67. The van der Waals surface area contributed by atoms with Crippen molar-refractivity contribution in [2.45, 2.75) is 6.54 Å². The largest absolute Gasteiger partial charge is 0.352 e. The average molecular weight is 313 g/mol. The molecular weight excluding hydrogens is 298 g/mol. The van der Waals surface area contributed by atoms with Crippen molar-refractivity contribution in [3.8, 4) is 0 Å². The van der Waals surface area contributed by atoms with Gasteiger partial charge in [-0.25, -0.2) is 4.98 Å². The van der Waals surface area contributed by atoms with E-state index in [-0.39, 0.29) is 5.91 Å². The molecule has 0 bridgehead atoms. The number of aromatic nitrogens is 1. The summed E-state index contributed by atoms with van der Waals surface area (Å²) in [6, 6.07) is 9.78. The normalized spacial score (nSPS) is 13.2. The van der Waals surface area contributed by atoms with Crippen LogP contribution in [0.2, 0.25) is 0 Å². The number of allylic oxidation sites excluding steroid dienone is 1. The van der Waals surface area contributed by atoms with Crippen LogP contribution in [0.3, 0.4) is 0 Å². The lowest BCUT2D eigenvalue weighted by molar-refractivity contribution is 0.0946. The molecule has 1 aromatic carbocycles. The topological polar surface area (TPSA) is 78.4 Å². The first-order valence-corrected chi connectivity index (χ1v) is 7.68. The number of nitrogens with one attached hydrogen (secondary N) is 3. The maximum atomic E-state index is 12.1. The smallest absolute Gasteiger partial charge is 0.271 e. The van der Waals surface area contributed by atoms with E-state index < -0.39 is 0 Å². The average Bonchev–Trinajstić information content (AvgIpc) is 3.03. The second-order valence-corrected chi connectivity index (χ2v) is 5.44. The van der Waals surface area contributed by atoms with E-state index in [4.69, 9.17) is 0 Å². The Bertz CT molecular complexity index is 708. The Kier molecular flexibility index (Phi) is 4.45. The SMILES string of the molecule is O=C(NCc1ccccc1)c1csc(NC2=CC=NCN2)n1. The minimum absolute atomic E-state index is 0.180. The lowest BCUT2D eigenvalue weighted by atomic mass is 10.2. The molecule has 0 spiro atoms. The molecule has 1 amide bonds. The van der Waals surface area contributed by atoms with Gasteiger partial charge < -0.3 is 16.0 Å². The highest BCUT2D eigenvalue weighted by atomic mass is 32.1. The van der Waals surface area contributed by atoms with Gasteiger partial charge in [-0.2, -0.15) is 0 Å². The first-order valence-electron chi connectivity index (χ1n) is 6.80. The lowest BCUT2D eigenvalue weighted by Crippen LogP contribution is -2.24. The summed E-state index contributed by atoms with van der Waals surface area (Å²) in [4.78, 5) is 20.4. The number of hydrogen-bond acceptors (Lipinski definition) is 6. The third kappa shape index (κ3) is 3.70. The minimum Gasteiger partial charge on any atom is -0.352 e. The summed E-state index contributed by atoms with van der Waals surface area (Å²) in [7, 11) is 0. The van der Waals surface area contributed by atoms with E-state index in [9.17, 15) is 4.79 Å². The molecule has 3 rings (SSSR count). The molecule has 3 N–H and O–H groups in total. The highest BCUT2D eigenvalue weighted by Gasteiger charge is 2.11. The Labute approximate surface area is 132 Å². The van der Waals surface area contributed by atoms with Crippen LogP contribution in [-0.4, -0.2) is 23.8 Å². The van der Waals surface area contributed by atoms with Crippen LogP contribution in [0.4, 0.5) is 5.13 Å². The summed E-state index contributed by atoms with van der Waals surface area (Å²) < 4.78 is 0. The third-order valence-electron chi connectivity index (χ3n) is 2.98. The summed E-state index contributed by atoms with van der Waals surface area (Å²) in [5.74, 6) is 0.640. The van der Waals surface area contributed by atoms with Crippen LogP contribution in [0.25, 0.3) is 0 Å². The summed E-state index contributed by atoms with van der Waals surface area (Å²) in [5.41, 5.74) is 1.47. The molecule has 0 aliphatic carbocycles. The van der Waals surface area contributed by atoms with Crippen molar-refractivity contribution in [3.63, 3.8) is 0 Å². The molecule has 112 valence electrons. The molecule has 0 atom stereocenters. The number of carbonyl (C=O) groups is 1. The number of benzene rings is 1. The minimum atomic E-state index is -0.180. The van der Waals surface area contributed by atoms with Gasteiger partial charge in [0.1, 0.15) is 18.2 Å². The quantitative estimate of drug-likeness (QED) is 0.788. The van der Waals surface area contributed by atoms with Gasteiger partial charge in [-0.3, -0.25) is 9.79 Å². The fraction of sp³-hybridized carbons (Fsp3) is 0.133. The molecule has 0 saturated carbocycles. The number of anilines is 1. The maximum Gasteiger partial charge on any atom is 0.271 e. The fourth-order valence-electron chi connectivity index (χ4n) is 1.87. The van der Waals surface area contributed by atoms with E-state index in [1.807, 2.05) is 36.4 Å². The van der Waals surface area contributed by atoms with Crippen molar-refractivity contribution >= 4 is 28.6 Å². The molecule has 0 saturated heterocycles. The number of rotatable bonds is 5. The van der Waals surface area contributed by atoms with Crippen molar-refractivity contribution in [2.24, 2.45) is 4.99 Å². The number of hydrogen-bond donors (Lipinski definition) is 3. The predicted octanol–water partition coefficient (Wildman–Crippen LogP) is 1.96. The van der Waals surface area contributed by atoms with E-state index in [2.05, 4.69) is 25.9 Å². The van der Waals surface area contributed by atoms with Gasteiger partial charge in [-0.1, -0.05) is 30.3 Å². The van der Waals surface area contributed by atoms with E-state index in [0.29, 0.717) is 24.0 Å². The molecular formula is C15H15N5OS. The van der Waals surface area contributed by atoms with E-state index >= 15 is 0 Å². The zero-order valence-electron chi connectivity index (χ0n) is 11.7. The van der Waals surface area contributed by atoms with Gasteiger partial charge in [0.2, 0.25) is 0 Å². The highest BCUT2D eigenvalue weighted by Crippen LogP contribution is 2.17. The number of carbonyl (C=O) groups excluding carboxylic acids is 1. The molecule has 1 aliphatic heterocycles. The summed E-state index contributed by atoms with van der Waals surface area (Å²) in [6.45, 7) is 1.03. The van der Waals surface area contributed by atoms with Gasteiger partial charge in [-0.05, 0) is 11.6 Å². The van der Waals surface area contributed by atoms with Crippen LogP contribution in [0.1, 0.15) is 16.1 Å². The molecule has 22 heavy (non-hydrogen) atoms. The van der Waals surface area contributed by atoms with Crippen LogP contribution in [0.15, 0.2) is 52.6 Å².